The first-order valence-electron chi connectivity index (χ1n) is 18.5. The van der Waals surface area contributed by atoms with Crippen molar-refractivity contribution in [2.45, 2.75) is 63.7 Å². The Kier molecular flexibility index (Phi) is 16.4. The minimum Gasteiger partial charge on any atom is -0.494 e. The number of hydrogen-bond donors (Lipinski definition) is 4. The molecule has 2 amide bonds. The van der Waals surface area contributed by atoms with E-state index in [-0.39, 0.29) is 57.2 Å². The maximum Gasteiger partial charge on any atom is 0.224 e. The lowest BCUT2D eigenvalue weighted by Gasteiger charge is -2.31. The van der Waals surface area contributed by atoms with E-state index in [9.17, 15) is 23.4 Å². The van der Waals surface area contributed by atoms with Crippen LogP contribution in [0.4, 0.5) is 17.6 Å². The summed E-state index contributed by atoms with van der Waals surface area (Å²) in [5, 5.41) is 3.33. The van der Waals surface area contributed by atoms with Crippen molar-refractivity contribution in [3.63, 3.8) is 0 Å². The zero-order chi connectivity index (χ0) is 42.4. The largest absolute Gasteiger partial charge is 0.494 e. The Morgan fingerprint density at radius 3 is 1.66 bits per heavy atom. The van der Waals surface area contributed by atoms with Gasteiger partial charge in [0.05, 0.1) is 36.1 Å². The summed E-state index contributed by atoms with van der Waals surface area (Å²) in [6.07, 6.45) is 9.17. The first-order chi connectivity index (χ1) is 27.8. The van der Waals surface area contributed by atoms with Gasteiger partial charge >= 0.3 is 0 Å². The molecule has 20 heteroatoms. The maximum atomic E-state index is 12.7. The van der Waals surface area contributed by atoms with E-state index >= 15 is 0 Å². The molecule has 2 fully saturated rings. The quantitative estimate of drug-likeness (QED) is 0.131. The van der Waals surface area contributed by atoms with Crippen molar-refractivity contribution in [1.82, 2.24) is 39.7 Å². The molecule has 6 heterocycles. The second-order valence-corrected chi connectivity index (χ2v) is 14.7. The number of hydrogen-bond acceptors (Lipinski definition) is 17. The number of ether oxygens (including phenoxy) is 2. The summed E-state index contributed by atoms with van der Waals surface area (Å²) >= 11 is 0. The highest BCUT2D eigenvalue weighted by Crippen LogP contribution is 2.23. The van der Waals surface area contributed by atoms with Crippen LogP contribution in [0.3, 0.4) is 0 Å². The molecular weight excluding hydrogens is 769 g/mol. The molecule has 6 rings (SSSR count). The zero-order valence-corrected chi connectivity index (χ0v) is 34.0. The summed E-state index contributed by atoms with van der Waals surface area (Å²) < 4.78 is 21.9. The number of ketones is 2. The summed E-state index contributed by atoms with van der Waals surface area (Å²) in [5.41, 5.74) is 18.0. The van der Waals surface area contributed by atoms with E-state index in [1.54, 1.807) is 45.0 Å². The number of carbonyl (C=O) groups excluding carboxylic acids is 4. The van der Waals surface area contributed by atoms with Crippen LogP contribution in [0.25, 0.3) is 0 Å². The highest BCUT2D eigenvalue weighted by atomic mass is 32.2. The maximum absolute atomic E-state index is 12.7. The molecule has 7 N–H and O–H groups in total. The van der Waals surface area contributed by atoms with Crippen LogP contribution in [0.2, 0.25) is 0 Å². The summed E-state index contributed by atoms with van der Waals surface area (Å²) in [4.78, 5) is 75.3. The van der Waals surface area contributed by atoms with Gasteiger partial charge < -0.3 is 41.8 Å². The molecule has 0 spiro atoms. The van der Waals surface area contributed by atoms with E-state index in [0.717, 1.165) is 38.8 Å². The van der Waals surface area contributed by atoms with E-state index in [0.29, 0.717) is 42.3 Å². The Bertz CT molecular complexity index is 2090. The van der Waals surface area contributed by atoms with E-state index in [2.05, 4.69) is 35.2 Å². The van der Waals surface area contributed by atoms with Gasteiger partial charge in [-0.1, -0.05) is 6.92 Å². The van der Waals surface area contributed by atoms with Gasteiger partial charge in [0, 0.05) is 82.7 Å². The van der Waals surface area contributed by atoms with Crippen molar-refractivity contribution < 1.29 is 32.9 Å². The molecule has 1 unspecified atom stereocenters. The molecule has 4 aromatic heterocycles. The number of likely N-dealkylation sites (tertiary alicyclic amines) is 2. The second kappa shape index (κ2) is 21.4. The van der Waals surface area contributed by atoms with Crippen LogP contribution in [0.15, 0.2) is 54.2 Å². The van der Waals surface area contributed by atoms with Crippen molar-refractivity contribution >= 4 is 51.8 Å². The fraction of sp³-hybridized carbons (Fsp3) is 0.421. The van der Waals surface area contributed by atoms with Crippen LogP contribution in [0.5, 0.6) is 11.5 Å². The third kappa shape index (κ3) is 11.9. The molecular formula is C38H50N12O7S. The number of nitrogens with two attached hydrogens (primary N) is 3. The van der Waals surface area contributed by atoms with Crippen molar-refractivity contribution in [2.75, 3.05) is 62.9 Å². The molecule has 1 atom stereocenters. The molecule has 310 valence electrons. The molecule has 0 bridgehead atoms. The number of anilines is 3. The summed E-state index contributed by atoms with van der Waals surface area (Å²) in [5.74, 6) is 0.896. The monoisotopic (exact) mass is 818 g/mol. The van der Waals surface area contributed by atoms with Crippen LogP contribution in [-0.4, -0.2) is 126 Å². The van der Waals surface area contributed by atoms with Gasteiger partial charge in [0.25, 0.3) is 0 Å². The Labute approximate surface area is 339 Å². The van der Waals surface area contributed by atoms with Crippen LogP contribution < -0.4 is 32.0 Å². The topological polar surface area (TPSA) is 278 Å². The number of nitrogens with zero attached hydrogens (tertiary/aromatic N) is 8. The number of nitrogen functional groups attached to an aromatic ring is 2. The average molecular weight is 819 g/mol. The first kappa shape index (κ1) is 44.6. The van der Waals surface area contributed by atoms with E-state index in [1.165, 1.54) is 39.0 Å². The summed E-state index contributed by atoms with van der Waals surface area (Å²) in [6.45, 7) is 8.00. The van der Waals surface area contributed by atoms with Crippen LogP contribution >= 0.6 is 0 Å². The fourth-order valence-electron chi connectivity index (χ4n) is 5.87. The molecule has 0 saturated carbocycles. The number of aromatic nitrogens is 6. The zero-order valence-electron chi connectivity index (χ0n) is 33.2. The number of methoxy groups -OCH3 is 2. The lowest BCUT2D eigenvalue weighted by Crippen LogP contribution is -2.41. The number of piperidine rings is 2. The lowest BCUT2D eigenvalue weighted by molar-refractivity contribution is -0.130. The standard InChI is InChI=1S/C18H22N6O3.C13H14N4O3S.C7H14N2O/c1-11(25)24-8-5-12(6-9-24)22-18-21-10-13(17(19)23-18)16(26)15-14(27-2)4-3-7-20-15;1-3-21(19)13-16-7-8(12(14)17-13)11(18)10-9(20-2)5-4-6-15-10;1-6(10)9-4-2-7(8)3-5-9/h3-4,7,10,12H,5-6,8-9H2,1-2H3,(H3,19,21,22,23);4-7H,3H2,1-2H3,(H2,14,16,17);7H,2-5,8H2,1H3. The van der Waals surface area contributed by atoms with Gasteiger partial charge in [-0.25, -0.2) is 24.9 Å². The van der Waals surface area contributed by atoms with Crippen LogP contribution in [-0.2, 0) is 20.4 Å². The van der Waals surface area contributed by atoms with Crippen molar-refractivity contribution in [3.8, 4) is 11.5 Å². The van der Waals surface area contributed by atoms with Gasteiger partial charge in [-0.15, -0.1) is 0 Å². The fourth-order valence-corrected chi connectivity index (χ4v) is 6.50. The molecule has 0 aliphatic carbocycles. The highest BCUT2D eigenvalue weighted by Gasteiger charge is 2.24. The third-order valence-corrected chi connectivity index (χ3v) is 10.4. The number of rotatable bonds is 10. The van der Waals surface area contributed by atoms with Gasteiger partial charge in [0.1, 0.15) is 23.1 Å². The van der Waals surface area contributed by atoms with Gasteiger partial charge in [0.15, 0.2) is 11.4 Å². The minimum absolute atomic E-state index is 0.0282. The lowest BCUT2D eigenvalue weighted by atomic mass is 10.1. The summed E-state index contributed by atoms with van der Waals surface area (Å²) in [7, 11) is 1.59. The van der Waals surface area contributed by atoms with Crippen molar-refractivity contribution in [1.29, 1.82) is 0 Å². The molecule has 0 aromatic carbocycles. The highest BCUT2D eigenvalue weighted by molar-refractivity contribution is 7.84. The predicted octanol–water partition coefficient (Wildman–Crippen LogP) is 1.89. The smallest absolute Gasteiger partial charge is 0.224 e. The number of carbonyl (C=O) groups is 4. The van der Waals surface area contributed by atoms with Crippen molar-refractivity contribution in [3.05, 3.63) is 71.6 Å². The first-order valence-corrected chi connectivity index (χ1v) is 19.8. The van der Waals surface area contributed by atoms with E-state index in [1.807, 2.05) is 9.80 Å². The Morgan fingerprint density at radius 2 is 1.22 bits per heavy atom. The number of amides is 2. The van der Waals surface area contributed by atoms with Gasteiger partial charge in [-0.3, -0.25) is 23.4 Å². The SMILES string of the molecule is CC(=O)N1CCC(N)CC1.CCS(=O)c1ncc(C(=O)c2ncccc2OC)c(N)n1.COc1cccnc1C(=O)c1cnc(NC2CCN(C(C)=O)CC2)nc1N. The Hall–Kier alpha value is -6.15. The van der Waals surface area contributed by atoms with Gasteiger partial charge in [-0.05, 0) is 49.9 Å². The predicted molar refractivity (Wildman–Crippen MR) is 217 cm³/mol. The Balaban J connectivity index is 0.000000212. The van der Waals surface area contributed by atoms with Crippen molar-refractivity contribution in [2.24, 2.45) is 5.73 Å². The Morgan fingerprint density at radius 1 is 0.759 bits per heavy atom. The molecule has 19 nitrogen and oxygen atoms in total. The van der Waals surface area contributed by atoms with Gasteiger partial charge in [0.2, 0.25) is 34.5 Å². The summed E-state index contributed by atoms with van der Waals surface area (Å²) in [6, 6.07) is 7.08. The molecule has 4 aromatic rings. The average Bonchev–Trinajstić information content (AvgIpc) is 3.23. The van der Waals surface area contributed by atoms with Crippen LogP contribution in [0.1, 0.15) is 78.6 Å². The molecule has 2 saturated heterocycles. The molecule has 58 heavy (non-hydrogen) atoms. The third-order valence-electron chi connectivity index (χ3n) is 9.24. The second-order valence-electron chi connectivity index (χ2n) is 13.1. The molecule has 2 aliphatic rings. The number of pyridine rings is 2. The van der Waals surface area contributed by atoms with Gasteiger partial charge in [-0.2, -0.15) is 4.98 Å². The number of nitrogens with one attached hydrogen (secondary N) is 1. The van der Waals surface area contributed by atoms with Crippen LogP contribution in [0, 0.1) is 0 Å². The molecule has 0 radical (unpaired) electrons. The normalized spacial score (nSPS) is 14.8. The van der Waals surface area contributed by atoms with E-state index < -0.39 is 22.4 Å². The van der Waals surface area contributed by atoms with E-state index in [4.69, 9.17) is 26.7 Å². The molecule has 2 aliphatic heterocycles. The minimum atomic E-state index is -1.33.